The fourth-order valence-electron chi connectivity index (χ4n) is 2.58. The largest absolute Gasteiger partial charge is 0.469 e. The first-order valence-electron chi connectivity index (χ1n) is 8.87. The highest BCUT2D eigenvalue weighted by atomic mass is 35.5. The molecule has 2 aromatic carbocycles. The molecule has 0 spiro atoms. The summed E-state index contributed by atoms with van der Waals surface area (Å²) < 4.78 is 32.4. The maximum atomic E-state index is 12.8. The highest BCUT2D eigenvalue weighted by Crippen LogP contribution is 2.18. The lowest BCUT2D eigenvalue weighted by atomic mass is 10.0. The monoisotopic (exact) mass is 438 g/mol. The first kappa shape index (κ1) is 22.9. The number of sulfonamides is 1. The topological polar surface area (TPSA) is 102 Å². The number of carbonyl (C=O) groups is 2. The van der Waals surface area contributed by atoms with E-state index in [1.54, 1.807) is 44.2 Å². The summed E-state index contributed by atoms with van der Waals surface area (Å²) in [6.07, 6.45) is 0.0647. The molecule has 2 N–H and O–H groups in total. The third-order valence-electron chi connectivity index (χ3n) is 4.11. The van der Waals surface area contributed by atoms with Crippen LogP contribution in [0.25, 0.3) is 0 Å². The molecule has 9 heteroatoms. The van der Waals surface area contributed by atoms with Crippen molar-refractivity contribution in [2.75, 3.05) is 12.4 Å². The van der Waals surface area contributed by atoms with Crippen molar-refractivity contribution in [1.29, 1.82) is 0 Å². The van der Waals surface area contributed by atoms with Crippen molar-refractivity contribution in [3.63, 3.8) is 0 Å². The van der Waals surface area contributed by atoms with Crippen molar-refractivity contribution in [2.24, 2.45) is 5.92 Å². The Hall–Kier alpha value is -2.42. The molecular formula is C20H23ClN2O5S. The van der Waals surface area contributed by atoms with Crippen molar-refractivity contribution < 1.29 is 22.7 Å². The molecular weight excluding hydrogens is 416 g/mol. The molecule has 0 saturated heterocycles. The lowest BCUT2D eigenvalue weighted by Crippen LogP contribution is -2.47. The molecule has 0 aliphatic carbocycles. The van der Waals surface area contributed by atoms with E-state index in [2.05, 4.69) is 14.8 Å². The van der Waals surface area contributed by atoms with Crippen molar-refractivity contribution in [2.45, 2.75) is 31.2 Å². The molecule has 1 amide bonds. The van der Waals surface area contributed by atoms with Crippen LogP contribution in [0.3, 0.4) is 0 Å². The van der Waals surface area contributed by atoms with E-state index in [1.165, 1.54) is 25.3 Å². The third kappa shape index (κ3) is 6.56. The number of esters is 1. The van der Waals surface area contributed by atoms with Gasteiger partial charge in [-0.1, -0.05) is 43.6 Å². The number of carbonyl (C=O) groups excluding carboxylic acids is 2. The van der Waals surface area contributed by atoms with E-state index in [0.717, 1.165) is 0 Å². The second kappa shape index (κ2) is 9.87. The Morgan fingerprint density at radius 3 is 2.41 bits per heavy atom. The molecule has 0 heterocycles. The Morgan fingerprint density at radius 1 is 1.10 bits per heavy atom. The minimum absolute atomic E-state index is 0.0245. The van der Waals surface area contributed by atoms with Crippen molar-refractivity contribution in [3.05, 3.63) is 59.1 Å². The molecule has 0 aromatic heterocycles. The van der Waals surface area contributed by atoms with Gasteiger partial charge in [0.2, 0.25) is 15.9 Å². The van der Waals surface area contributed by atoms with Crippen LogP contribution in [0.2, 0.25) is 5.02 Å². The lowest BCUT2D eigenvalue weighted by molar-refractivity contribution is -0.139. The Balaban J connectivity index is 2.18. The van der Waals surface area contributed by atoms with Crippen molar-refractivity contribution in [1.82, 2.24) is 4.72 Å². The molecule has 29 heavy (non-hydrogen) atoms. The van der Waals surface area contributed by atoms with Crippen molar-refractivity contribution in [3.8, 4) is 0 Å². The number of amides is 1. The zero-order valence-corrected chi connectivity index (χ0v) is 17.9. The van der Waals surface area contributed by atoms with E-state index in [0.29, 0.717) is 11.3 Å². The second-order valence-electron chi connectivity index (χ2n) is 6.74. The van der Waals surface area contributed by atoms with Gasteiger partial charge in [-0.05, 0) is 41.8 Å². The van der Waals surface area contributed by atoms with Crippen LogP contribution in [-0.2, 0) is 30.8 Å². The number of ether oxygens (including phenoxy) is 1. The number of halogens is 1. The molecule has 0 aliphatic heterocycles. The van der Waals surface area contributed by atoms with Gasteiger partial charge in [0.05, 0.1) is 18.4 Å². The highest BCUT2D eigenvalue weighted by Gasteiger charge is 2.28. The summed E-state index contributed by atoms with van der Waals surface area (Å²) in [6.45, 7) is 3.47. The molecule has 0 bridgehead atoms. The summed E-state index contributed by atoms with van der Waals surface area (Å²) in [5.41, 5.74) is 1.11. The van der Waals surface area contributed by atoms with Crippen LogP contribution in [0, 0.1) is 5.92 Å². The Labute approximate surface area is 175 Å². The molecule has 0 radical (unpaired) electrons. The second-order valence-corrected chi connectivity index (χ2v) is 8.89. The van der Waals surface area contributed by atoms with E-state index in [4.69, 9.17) is 11.6 Å². The molecule has 7 nitrogen and oxygen atoms in total. The number of hydrogen-bond donors (Lipinski definition) is 2. The van der Waals surface area contributed by atoms with Gasteiger partial charge >= 0.3 is 5.97 Å². The fraction of sp³-hybridized carbons (Fsp3) is 0.300. The molecule has 0 unspecified atom stereocenters. The fourth-order valence-corrected chi connectivity index (χ4v) is 4.22. The van der Waals surface area contributed by atoms with Gasteiger partial charge < -0.3 is 10.1 Å². The highest BCUT2D eigenvalue weighted by molar-refractivity contribution is 7.89. The molecule has 0 fully saturated rings. The summed E-state index contributed by atoms with van der Waals surface area (Å²) in [4.78, 5) is 24.2. The smallest absolute Gasteiger partial charge is 0.309 e. The Kier molecular flexibility index (Phi) is 7.78. The van der Waals surface area contributed by atoms with Gasteiger partial charge in [-0.2, -0.15) is 4.72 Å². The summed E-state index contributed by atoms with van der Waals surface area (Å²) in [6, 6.07) is 11.5. The maximum Gasteiger partial charge on any atom is 0.309 e. The molecule has 1 atom stereocenters. The average Bonchev–Trinajstić information content (AvgIpc) is 2.66. The standard InChI is InChI=1S/C20H23ClN2O5S/c1-13(2)19(23-29(26,27)17-9-5-7-15(21)12-17)20(25)22-16-8-4-6-14(10-16)11-18(24)28-3/h4-10,12-13,19,23H,11H2,1-3H3,(H,22,25)/t19-/m0/s1. The lowest BCUT2D eigenvalue weighted by Gasteiger charge is -2.22. The van der Waals surface area contributed by atoms with Crippen LogP contribution in [-0.4, -0.2) is 33.4 Å². The molecule has 0 aliphatic rings. The van der Waals surface area contributed by atoms with Crippen LogP contribution in [0.1, 0.15) is 19.4 Å². The summed E-state index contributed by atoms with van der Waals surface area (Å²) in [5.74, 6) is -1.23. The van der Waals surface area contributed by atoms with E-state index in [-0.39, 0.29) is 22.3 Å². The predicted molar refractivity (Wildman–Crippen MR) is 111 cm³/mol. The summed E-state index contributed by atoms with van der Waals surface area (Å²) in [5, 5.41) is 2.97. The minimum Gasteiger partial charge on any atom is -0.469 e. The number of hydrogen-bond acceptors (Lipinski definition) is 5. The van der Waals surface area contributed by atoms with Crippen molar-refractivity contribution >= 4 is 39.2 Å². The van der Waals surface area contributed by atoms with Gasteiger partial charge in [0, 0.05) is 10.7 Å². The van der Waals surface area contributed by atoms with Crippen LogP contribution >= 0.6 is 11.6 Å². The quantitative estimate of drug-likeness (QED) is 0.617. The Bertz CT molecular complexity index is 992. The number of benzene rings is 2. The minimum atomic E-state index is -3.95. The van der Waals surface area contributed by atoms with Gasteiger partial charge in [0.1, 0.15) is 6.04 Å². The zero-order chi connectivity index (χ0) is 21.6. The predicted octanol–water partition coefficient (Wildman–Crippen LogP) is 3.00. The van der Waals surface area contributed by atoms with E-state index in [1.807, 2.05) is 0 Å². The van der Waals surface area contributed by atoms with E-state index in [9.17, 15) is 18.0 Å². The van der Waals surface area contributed by atoms with E-state index < -0.39 is 27.9 Å². The third-order valence-corrected chi connectivity index (χ3v) is 5.78. The molecule has 0 saturated carbocycles. The van der Waals surface area contributed by atoms with Gasteiger partial charge in [0.25, 0.3) is 0 Å². The van der Waals surface area contributed by atoms with Gasteiger partial charge in [-0.25, -0.2) is 8.42 Å². The number of rotatable bonds is 8. The first-order valence-corrected chi connectivity index (χ1v) is 10.7. The number of nitrogens with one attached hydrogen (secondary N) is 2. The van der Waals surface area contributed by atoms with Crippen LogP contribution in [0.4, 0.5) is 5.69 Å². The van der Waals surface area contributed by atoms with Crippen LogP contribution < -0.4 is 10.0 Å². The normalized spacial score (nSPS) is 12.4. The van der Waals surface area contributed by atoms with E-state index >= 15 is 0 Å². The Morgan fingerprint density at radius 2 is 1.79 bits per heavy atom. The number of anilines is 1. The SMILES string of the molecule is COC(=O)Cc1cccc(NC(=O)[C@@H](NS(=O)(=O)c2cccc(Cl)c2)C(C)C)c1. The maximum absolute atomic E-state index is 12.8. The molecule has 2 aromatic rings. The summed E-state index contributed by atoms with van der Waals surface area (Å²) >= 11 is 5.88. The van der Waals surface area contributed by atoms with Gasteiger partial charge in [-0.15, -0.1) is 0 Å². The average molecular weight is 439 g/mol. The molecule has 156 valence electrons. The zero-order valence-electron chi connectivity index (χ0n) is 16.3. The molecule has 2 rings (SSSR count). The summed E-state index contributed by atoms with van der Waals surface area (Å²) in [7, 11) is -2.65. The van der Waals surface area contributed by atoms with Gasteiger partial charge in [-0.3, -0.25) is 9.59 Å². The van der Waals surface area contributed by atoms with Crippen LogP contribution in [0.5, 0.6) is 0 Å². The first-order chi connectivity index (χ1) is 13.6. The van der Waals surface area contributed by atoms with Crippen LogP contribution in [0.15, 0.2) is 53.4 Å². The van der Waals surface area contributed by atoms with Gasteiger partial charge in [0.15, 0.2) is 0 Å². The number of methoxy groups -OCH3 is 1.